The van der Waals surface area contributed by atoms with Gasteiger partial charge in [0.15, 0.2) is 0 Å². The Labute approximate surface area is 123 Å². The molecule has 110 valence electrons. The van der Waals surface area contributed by atoms with E-state index in [9.17, 15) is 10.1 Å². The average molecular weight is 286 g/mol. The number of nitro benzene ring substituents is 1. The minimum Gasteiger partial charge on any atom is -0.494 e. The van der Waals surface area contributed by atoms with E-state index in [1.807, 2.05) is 24.3 Å². The first-order valence-electron chi connectivity index (χ1n) is 6.89. The summed E-state index contributed by atoms with van der Waals surface area (Å²) < 4.78 is 5.51. The minimum absolute atomic E-state index is 0.0837. The molecule has 0 saturated carbocycles. The van der Waals surface area contributed by atoms with Gasteiger partial charge in [0.05, 0.1) is 11.5 Å². The van der Waals surface area contributed by atoms with Gasteiger partial charge in [0.2, 0.25) is 0 Å². The number of para-hydroxylation sites is 2. The van der Waals surface area contributed by atoms with E-state index in [1.165, 1.54) is 6.07 Å². The van der Waals surface area contributed by atoms with Gasteiger partial charge in [-0.25, -0.2) is 0 Å². The number of nitrogens with one attached hydrogen (secondary N) is 1. The van der Waals surface area contributed by atoms with Gasteiger partial charge in [-0.3, -0.25) is 10.1 Å². The first-order chi connectivity index (χ1) is 10.2. The summed E-state index contributed by atoms with van der Waals surface area (Å²) in [5, 5.41) is 14.0. The van der Waals surface area contributed by atoms with Crippen LogP contribution >= 0.6 is 0 Å². The highest BCUT2D eigenvalue weighted by molar-refractivity contribution is 5.61. The Balaban J connectivity index is 1.98. The molecule has 0 amide bonds. The molecule has 21 heavy (non-hydrogen) atoms. The molecule has 0 aromatic heterocycles. The van der Waals surface area contributed by atoms with Crippen molar-refractivity contribution >= 4 is 11.4 Å². The number of rotatable bonds is 7. The van der Waals surface area contributed by atoms with Gasteiger partial charge in [0, 0.05) is 12.6 Å². The lowest BCUT2D eigenvalue weighted by atomic mass is 10.2. The van der Waals surface area contributed by atoms with Crippen molar-refractivity contribution in [2.45, 2.75) is 19.9 Å². The summed E-state index contributed by atoms with van der Waals surface area (Å²) in [7, 11) is 0. The highest BCUT2D eigenvalue weighted by Gasteiger charge is 2.11. The molecule has 0 atom stereocenters. The fourth-order valence-electron chi connectivity index (χ4n) is 1.90. The number of hydrogen-bond donors (Lipinski definition) is 1. The lowest BCUT2D eigenvalue weighted by molar-refractivity contribution is -0.384. The summed E-state index contributed by atoms with van der Waals surface area (Å²) in [5.74, 6) is 0.839. The number of anilines is 1. The third-order valence-corrected chi connectivity index (χ3v) is 2.98. The molecule has 0 bridgehead atoms. The molecule has 0 saturated heterocycles. The standard InChI is InChI=1S/C16H18N2O3/c1-2-11-21-14-9-7-13(8-10-14)12-17-15-5-3-4-6-16(15)18(19)20/h3-10,17H,2,11-12H2,1H3. The van der Waals surface area contributed by atoms with Gasteiger partial charge < -0.3 is 10.1 Å². The van der Waals surface area contributed by atoms with Crippen LogP contribution in [0.1, 0.15) is 18.9 Å². The van der Waals surface area contributed by atoms with Crippen LogP contribution in [0.4, 0.5) is 11.4 Å². The first kappa shape index (κ1) is 14.8. The highest BCUT2D eigenvalue weighted by atomic mass is 16.6. The topological polar surface area (TPSA) is 64.4 Å². The maximum atomic E-state index is 10.9. The Hall–Kier alpha value is -2.56. The quantitative estimate of drug-likeness (QED) is 0.617. The van der Waals surface area contributed by atoms with Crippen LogP contribution in [0.25, 0.3) is 0 Å². The third-order valence-electron chi connectivity index (χ3n) is 2.98. The van der Waals surface area contributed by atoms with Crippen LogP contribution in [0.3, 0.4) is 0 Å². The summed E-state index contributed by atoms with van der Waals surface area (Å²) in [6.07, 6.45) is 0.973. The monoisotopic (exact) mass is 286 g/mol. The molecule has 0 spiro atoms. The predicted molar refractivity (Wildman–Crippen MR) is 82.7 cm³/mol. The first-order valence-corrected chi connectivity index (χ1v) is 6.89. The number of benzene rings is 2. The van der Waals surface area contributed by atoms with Crippen molar-refractivity contribution in [3.05, 3.63) is 64.2 Å². The zero-order valence-electron chi connectivity index (χ0n) is 11.9. The Kier molecular flexibility index (Phi) is 5.15. The van der Waals surface area contributed by atoms with E-state index in [1.54, 1.807) is 18.2 Å². The van der Waals surface area contributed by atoms with Gasteiger partial charge in [0.25, 0.3) is 5.69 Å². The van der Waals surface area contributed by atoms with Crippen LogP contribution in [0.5, 0.6) is 5.75 Å². The third kappa shape index (κ3) is 4.21. The Morgan fingerprint density at radius 1 is 1.14 bits per heavy atom. The molecular formula is C16H18N2O3. The van der Waals surface area contributed by atoms with Crippen molar-refractivity contribution in [1.29, 1.82) is 0 Å². The van der Waals surface area contributed by atoms with Gasteiger partial charge >= 0.3 is 0 Å². The zero-order chi connectivity index (χ0) is 15.1. The highest BCUT2D eigenvalue weighted by Crippen LogP contribution is 2.24. The Morgan fingerprint density at radius 3 is 2.52 bits per heavy atom. The molecule has 0 fully saturated rings. The smallest absolute Gasteiger partial charge is 0.292 e. The Morgan fingerprint density at radius 2 is 1.86 bits per heavy atom. The van der Waals surface area contributed by atoms with E-state index < -0.39 is 0 Å². The molecule has 0 unspecified atom stereocenters. The molecule has 0 aliphatic heterocycles. The lowest BCUT2D eigenvalue weighted by Crippen LogP contribution is -2.02. The van der Waals surface area contributed by atoms with Crippen molar-refractivity contribution in [2.24, 2.45) is 0 Å². The van der Waals surface area contributed by atoms with Gasteiger partial charge in [-0.1, -0.05) is 31.2 Å². The van der Waals surface area contributed by atoms with Crippen molar-refractivity contribution in [3.8, 4) is 5.75 Å². The molecule has 0 heterocycles. The number of ether oxygens (including phenoxy) is 1. The molecule has 2 aromatic rings. The predicted octanol–water partition coefficient (Wildman–Crippen LogP) is 4.00. The molecule has 0 aliphatic carbocycles. The molecule has 2 aromatic carbocycles. The van der Waals surface area contributed by atoms with E-state index in [0.717, 1.165) is 17.7 Å². The van der Waals surface area contributed by atoms with Gasteiger partial charge in [-0.2, -0.15) is 0 Å². The van der Waals surface area contributed by atoms with E-state index in [-0.39, 0.29) is 10.6 Å². The summed E-state index contributed by atoms with van der Waals surface area (Å²) in [6, 6.07) is 14.3. The van der Waals surface area contributed by atoms with Gasteiger partial charge in [-0.05, 0) is 30.2 Å². The lowest BCUT2D eigenvalue weighted by Gasteiger charge is -2.08. The fraction of sp³-hybridized carbons (Fsp3) is 0.250. The van der Waals surface area contributed by atoms with Crippen molar-refractivity contribution < 1.29 is 9.66 Å². The molecule has 5 heteroatoms. The van der Waals surface area contributed by atoms with Crippen LogP contribution in [0.2, 0.25) is 0 Å². The SMILES string of the molecule is CCCOc1ccc(CNc2ccccc2[N+](=O)[O-])cc1. The van der Waals surface area contributed by atoms with E-state index in [2.05, 4.69) is 12.2 Å². The summed E-state index contributed by atoms with van der Waals surface area (Å²) in [4.78, 5) is 10.5. The normalized spacial score (nSPS) is 10.1. The largest absolute Gasteiger partial charge is 0.494 e. The van der Waals surface area contributed by atoms with E-state index in [4.69, 9.17) is 4.74 Å². The van der Waals surface area contributed by atoms with Crippen molar-refractivity contribution in [3.63, 3.8) is 0 Å². The molecular weight excluding hydrogens is 268 g/mol. The maximum Gasteiger partial charge on any atom is 0.292 e. The van der Waals surface area contributed by atoms with Gasteiger partial charge in [-0.15, -0.1) is 0 Å². The molecule has 0 radical (unpaired) electrons. The van der Waals surface area contributed by atoms with Crippen LogP contribution in [0, 0.1) is 10.1 Å². The minimum atomic E-state index is -0.385. The van der Waals surface area contributed by atoms with Gasteiger partial charge in [0.1, 0.15) is 11.4 Å². The maximum absolute atomic E-state index is 10.9. The van der Waals surface area contributed by atoms with Crippen LogP contribution in [0.15, 0.2) is 48.5 Å². The molecule has 1 N–H and O–H groups in total. The summed E-state index contributed by atoms with van der Waals surface area (Å²) in [5.41, 5.74) is 1.64. The summed E-state index contributed by atoms with van der Waals surface area (Å²) in [6.45, 7) is 3.29. The van der Waals surface area contributed by atoms with Crippen molar-refractivity contribution in [1.82, 2.24) is 0 Å². The van der Waals surface area contributed by atoms with E-state index in [0.29, 0.717) is 18.8 Å². The van der Waals surface area contributed by atoms with Crippen LogP contribution < -0.4 is 10.1 Å². The summed E-state index contributed by atoms with van der Waals surface area (Å²) >= 11 is 0. The van der Waals surface area contributed by atoms with Crippen LogP contribution in [-0.2, 0) is 6.54 Å². The second-order valence-corrected chi connectivity index (χ2v) is 4.62. The second kappa shape index (κ2) is 7.28. The second-order valence-electron chi connectivity index (χ2n) is 4.62. The number of hydrogen-bond acceptors (Lipinski definition) is 4. The van der Waals surface area contributed by atoms with Crippen LogP contribution in [-0.4, -0.2) is 11.5 Å². The average Bonchev–Trinajstić information content (AvgIpc) is 2.52. The fourth-order valence-corrected chi connectivity index (χ4v) is 1.90. The van der Waals surface area contributed by atoms with Crippen molar-refractivity contribution in [2.75, 3.05) is 11.9 Å². The molecule has 2 rings (SSSR count). The zero-order valence-corrected chi connectivity index (χ0v) is 11.9. The van der Waals surface area contributed by atoms with E-state index >= 15 is 0 Å². The number of nitro groups is 1. The molecule has 0 aliphatic rings. The number of nitrogens with zero attached hydrogens (tertiary/aromatic N) is 1. The molecule has 5 nitrogen and oxygen atoms in total. The Bertz CT molecular complexity index is 597.